The number of aromatic nitrogens is 4. The number of aryl methyl sites for hydroxylation is 1. The Bertz CT molecular complexity index is 1250. The zero-order valence-electron chi connectivity index (χ0n) is 18.7. The van der Waals surface area contributed by atoms with Gasteiger partial charge < -0.3 is 10.1 Å². The Morgan fingerprint density at radius 3 is 2.65 bits per heavy atom. The standard InChI is InChI=1S/C23H23F3N6O2/c1-14-7-18(15-8-17(34-2)11-28-9-15)30-20-19(14)21(33)32(22(20)3-5-27-6-4-22)16-10-29-31(12-16)13-23(24,25)26/h7-12,27H,3-6,13H2,1-2H3. The lowest BCUT2D eigenvalue weighted by molar-refractivity contribution is -0.142. The van der Waals surface area contributed by atoms with E-state index in [0.717, 1.165) is 15.8 Å². The summed E-state index contributed by atoms with van der Waals surface area (Å²) in [5.74, 6) is 0.313. The number of hydrogen-bond acceptors (Lipinski definition) is 6. The molecule has 11 heteroatoms. The van der Waals surface area contributed by atoms with Crippen LogP contribution in [0.1, 0.15) is 34.5 Å². The van der Waals surface area contributed by atoms with Crippen molar-refractivity contribution in [3.63, 3.8) is 0 Å². The lowest BCUT2D eigenvalue weighted by Gasteiger charge is -2.41. The number of piperidine rings is 1. The van der Waals surface area contributed by atoms with Crippen LogP contribution in [0.25, 0.3) is 11.3 Å². The summed E-state index contributed by atoms with van der Waals surface area (Å²) in [6.45, 7) is 1.92. The first-order chi connectivity index (χ1) is 16.2. The topological polar surface area (TPSA) is 85.2 Å². The first-order valence-corrected chi connectivity index (χ1v) is 10.9. The molecule has 2 aliphatic heterocycles. The fourth-order valence-electron chi connectivity index (χ4n) is 4.91. The second-order valence-electron chi connectivity index (χ2n) is 8.59. The zero-order valence-corrected chi connectivity index (χ0v) is 18.7. The van der Waals surface area contributed by atoms with Gasteiger partial charge in [0.25, 0.3) is 5.91 Å². The van der Waals surface area contributed by atoms with Gasteiger partial charge in [-0.05, 0) is 50.6 Å². The largest absolute Gasteiger partial charge is 0.495 e. The van der Waals surface area contributed by atoms with E-state index in [1.807, 2.05) is 19.1 Å². The molecule has 0 atom stereocenters. The Morgan fingerprint density at radius 2 is 1.94 bits per heavy atom. The summed E-state index contributed by atoms with van der Waals surface area (Å²) in [4.78, 5) is 24.4. The minimum absolute atomic E-state index is 0.274. The number of nitrogens with one attached hydrogen (secondary N) is 1. The second kappa shape index (κ2) is 8.08. The van der Waals surface area contributed by atoms with Crippen LogP contribution in [0.15, 0.2) is 36.9 Å². The molecule has 5 heterocycles. The maximum absolute atomic E-state index is 13.7. The molecule has 5 rings (SSSR count). The summed E-state index contributed by atoms with van der Waals surface area (Å²) in [5.41, 5.74) is 2.83. The minimum Gasteiger partial charge on any atom is -0.495 e. The number of carbonyl (C=O) groups excluding carboxylic acids is 1. The summed E-state index contributed by atoms with van der Waals surface area (Å²) in [6.07, 6.45) is 2.62. The summed E-state index contributed by atoms with van der Waals surface area (Å²) in [6, 6.07) is 3.66. The van der Waals surface area contributed by atoms with Crippen LogP contribution in [0.2, 0.25) is 0 Å². The van der Waals surface area contributed by atoms with Crippen molar-refractivity contribution in [2.24, 2.45) is 0 Å². The second-order valence-corrected chi connectivity index (χ2v) is 8.59. The summed E-state index contributed by atoms with van der Waals surface area (Å²) >= 11 is 0. The Kier molecular flexibility index (Phi) is 5.31. The molecule has 0 aliphatic carbocycles. The number of rotatable bonds is 4. The molecule has 1 N–H and O–H groups in total. The number of carbonyl (C=O) groups is 1. The number of amides is 1. The summed E-state index contributed by atoms with van der Waals surface area (Å²) < 4.78 is 44.8. The molecule has 1 saturated heterocycles. The van der Waals surface area contributed by atoms with E-state index in [4.69, 9.17) is 9.72 Å². The van der Waals surface area contributed by atoms with Gasteiger partial charge in [0.1, 0.15) is 12.3 Å². The number of nitrogens with zero attached hydrogens (tertiary/aromatic N) is 5. The minimum atomic E-state index is -4.41. The van der Waals surface area contributed by atoms with Gasteiger partial charge in [-0.1, -0.05) is 0 Å². The van der Waals surface area contributed by atoms with Crippen LogP contribution in [0.5, 0.6) is 5.75 Å². The number of alkyl halides is 3. The van der Waals surface area contributed by atoms with Crippen LogP contribution in [0, 0.1) is 6.92 Å². The number of anilines is 1. The average Bonchev–Trinajstić information content (AvgIpc) is 3.33. The predicted molar refractivity (Wildman–Crippen MR) is 118 cm³/mol. The molecule has 0 unspecified atom stereocenters. The number of methoxy groups -OCH3 is 1. The van der Waals surface area contributed by atoms with Gasteiger partial charge in [0, 0.05) is 18.0 Å². The van der Waals surface area contributed by atoms with E-state index in [2.05, 4.69) is 15.4 Å². The molecule has 1 spiro atoms. The fourth-order valence-corrected chi connectivity index (χ4v) is 4.91. The number of pyridine rings is 2. The molecular weight excluding hydrogens is 449 g/mol. The van der Waals surface area contributed by atoms with Gasteiger partial charge in [0.05, 0.1) is 47.7 Å². The Labute approximate surface area is 193 Å². The van der Waals surface area contributed by atoms with Gasteiger partial charge >= 0.3 is 6.18 Å². The molecule has 0 saturated carbocycles. The van der Waals surface area contributed by atoms with Crippen molar-refractivity contribution in [2.75, 3.05) is 25.1 Å². The third-order valence-electron chi connectivity index (χ3n) is 6.40. The van der Waals surface area contributed by atoms with Crippen LogP contribution in [-0.2, 0) is 12.1 Å². The molecule has 0 bridgehead atoms. The first kappa shape index (κ1) is 22.3. The van der Waals surface area contributed by atoms with Gasteiger partial charge in [-0.2, -0.15) is 18.3 Å². The molecule has 34 heavy (non-hydrogen) atoms. The van der Waals surface area contributed by atoms with E-state index < -0.39 is 18.3 Å². The van der Waals surface area contributed by atoms with Crippen molar-refractivity contribution in [1.29, 1.82) is 0 Å². The first-order valence-electron chi connectivity index (χ1n) is 10.9. The smallest absolute Gasteiger partial charge is 0.408 e. The molecule has 1 fully saturated rings. The average molecular weight is 472 g/mol. The Morgan fingerprint density at radius 1 is 1.18 bits per heavy atom. The van der Waals surface area contributed by atoms with Crippen molar-refractivity contribution in [3.8, 4) is 17.0 Å². The molecule has 2 aliphatic rings. The van der Waals surface area contributed by atoms with Gasteiger partial charge in [0.2, 0.25) is 0 Å². The molecule has 3 aromatic heterocycles. The number of hydrogen-bond donors (Lipinski definition) is 1. The maximum Gasteiger partial charge on any atom is 0.408 e. The van der Waals surface area contributed by atoms with E-state index in [0.29, 0.717) is 54.3 Å². The number of ether oxygens (including phenoxy) is 1. The van der Waals surface area contributed by atoms with Gasteiger partial charge in [-0.25, -0.2) is 4.98 Å². The van der Waals surface area contributed by atoms with Crippen LogP contribution >= 0.6 is 0 Å². The summed E-state index contributed by atoms with van der Waals surface area (Å²) in [5, 5.41) is 7.18. The van der Waals surface area contributed by atoms with Gasteiger partial charge in [-0.15, -0.1) is 0 Å². The fraction of sp³-hybridized carbons (Fsp3) is 0.391. The van der Waals surface area contributed by atoms with Crippen LogP contribution in [-0.4, -0.2) is 52.0 Å². The Balaban J connectivity index is 1.63. The van der Waals surface area contributed by atoms with E-state index in [9.17, 15) is 18.0 Å². The third kappa shape index (κ3) is 3.69. The SMILES string of the molecule is COc1cncc(-c2cc(C)c3c(n2)C2(CCNCC2)N(c2cnn(CC(F)(F)F)c2)C3=O)c1. The van der Waals surface area contributed by atoms with E-state index >= 15 is 0 Å². The molecular formula is C23H23F3N6O2. The van der Waals surface area contributed by atoms with Gasteiger partial charge in [-0.3, -0.25) is 19.4 Å². The lowest BCUT2D eigenvalue weighted by Crippen LogP contribution is -2.51. The maximum atomic E-state index is 13.7. The lowest BCUT2D eigenvalue weighted by atomic mass is 9.83. The predicted octanol–water partition coefficient (Wildman–Crippen LogP) is 3.46. The molecule has 178 valence electrons. The molecule has 0 radical (unpaired) electrons. The number of fused-ring (bicyclic) bond motifs is 2. The van der Waals surface area contributed by atoms with Crippen molar-refractivity contribution in [3.05, 3.63) is 53.7 Å². The van der Waals surface area contributed by atoms with Crippen LogP contribution < -0.4 is 15.0 Å². The normalized spacial score (nSPS) is 17.3. The third-order valence-corrected chi connectivity index (χ3v) is 6.40. The van der Waals surface area contributed by atoms with Gasteiger partial charge in [0.15, 0.2) is 0 Å². The van der Waals surface area contributed by atoms with Crippen molar-refractivity contribution in [1.82, 2.24) is 25.1 Å². The quantitative estimate of drug-likeness (QED) is 0.626. The van der Waals surface area contributed by atoms with E-state index in [1.165, 1.54) is 12.4 Å². The highest BCUT2D eigenvalue weighted by Crippen LogP contribution is 2.48. The molecule has 0 aromatic carbocycles. The van der Waals surface area contributed by atoms with E-state index in [-0.39, 0.29) is 5.91 Å². The van der Waals surface area contributed by atoms with Crippen molar-refractivity contribution < 1.29 is 22.7 Å². The van der Waals surface area contributed by atoms with Crippen molar-refractivity contribution in [2.45, 2.75) is 38.0 Å². The van der Waals surface area contributed by atoms with Crippen molar-refractivity contribution >= 4 is 11.6 Å². The van der Waals surface area contributed by atoms with E-state index in [1.54, 1.807) is 24.4 Å². The molecule has 3 aromatic rings. The number of halogens is 3. The molecule has 8 nitrogen and oxygen atoms in total. The highest BCUT2D eigenvalue weighted by Gasteiger charge is 2.53. The summed E-state index contributed by atoms with van der Waals surface area (Å²) in [7, 11) is 1.56. The monoisotopic (exact) mass is 472 g/mol. The molecule has 1 amide bonds. The highest BCUT2D eigenvalue weighted by atomic mass is 19.4. The van der Waals surface area contributed by atoms with Crippen LogP contribution in [0.4, 0.5) is 18.9 Å². The highest BCUT2D eigenvalue weighted by molar-refractivity contribution is 6.12. The Hall–Kier alpha value is -3.47. The zero-order chi connectivity index (χ0) is 24.1. The van der Waals surface area contributed by atoms with Crippen LogP contribution in [0.3, 0.4) is 0 Å².